The molecule has 0 fully saturated rings. The summed E-state index contributed by atoms with van der Waals surface area (Å²) in [5.74, 6) is 2.63. The molecule has 0 aromatic carbocycles. The van der Waals surface area contributed by atoms with Gasteiger partial charge in [0.1, 0.15) is 0 Å². The van der Waals surface area contributed by atoms with Crippen LogP contribution in [0.4, 0.5) is 0 Å². The minimum absolute atomic E-state index is 0.860. The molecule has 0 aliphatic carbocycles. The van der Waals surface area contributed by atoms with Crippen molar-refractivity contribution in [2.75, 3.05) is 13.1 Å². The zero-order valence-corrected chi connectivity index (χ0v) is 8.66. The molecule has 1 N–H and O–H groups in total. The first-order chi connectivity index (χ1) is 6.84. The number of terminal acetylenes is 1. The van der Waals surface area contributed by atoms with Crippen LogP contribution in [-0.2, 0) is 13.5 Å². The molecule has 76 valence electrons. The van der Waals surface area contributed by atoms with Crippen molar-refractivity contribution in [2.45, 2.75) is 19.3 Å². The highest BCUT2D eigenvalue weighted by Crippen LogP contribution is 1.95. The van der Waals surface area contributed by atoms with Crippen molar-refractivity contribution < 1.29 is 0 Å². The average molecular weight is 191 g/mol. The first-order valence-corrected chi connectivity index (χ1v) is 4.95. The van der Waals surface area contributed by atoms with Crippen molar-refractivity contribution in [3.8, 4) is 12.3 Å². The van der Waals surface area contributed by atoms with Gasteiger partial charge in [0.15, 0.2) is 0 Å². The van der Waals surface area contributed by atoms with Gasteiger partial charge in [0.25, 0.3) is 0 Å². The molecule has 0 aliphatic heterocycles. The third-order valence-corrected chi connectivity index (χ3v) is 2.16. The van der Waals surface area contributed by atoms with Crippen LogP contribution in [0.1, 0.15) is 18.5 Å². The van der Waals surface area contributed by atoms with Gasteiger partial charge in [-0.2, -0.15) is 5.10 Å². The second-order valence-corrected chi connectivity index (χ2v) is 3.25. The van der Waals surface area contributed by atoms with Gasteiger partial charge in [-0.05, 0) is 19.0 Å². The maximum atomic E-state index is 5.15. The summed E-state index contributed by atoms with van der Waals surface area (Å²) in [5, 5.41) is 7.46. The Morgan fingerprint density at radius 2 is 2.43 bits per heavy atom. The molecule has 0 bridgehead atoms. The molecular weight excluding hydrogens is 174 g/mol. The lowest BCUT2D eigenvalue weighted by molar-refractivity contribution is 0.628. The van der Waals surface area contributed by atoms with Gasteiger partial charge in [-0.15, -0.1) is 12.3 Å². The van der Waals surface area contributed by atoms with E-state index in [1.807, 2.05) is 24.0 Å². The van der Waals surface area contributed by atoms with Crippen LogP contribution in [0.5, 0.6) is 0 Å². The molecule has 0 saturated heterocycles. The van der Waals surface area contributed by atoms with Crippen molar-refractivity contribution in [3.05, 3.63) is 18.0 Å². The van der Waals surface area contributed by atoms with Crippen molar-refractivity contribution in [1.82, 2.24) is 15.1 Å². The predicted molar refractivity (Wildman–Crippen MR) is 57.8 cm³/mol. The molecule has 3 heteroatoms. The fraction of sp³-hybridized carbons (Fsp3) is 0.545. The second kappa shape index (κ2) is 6.22. The van der Waals surface area contributed by atoms with Gasteiger partial charge in [-0.3, -0.25) is 4.68 Å². The van der Waals surface area contributed by atoms with E-state index in [1.54, 1.807) is 0 Å². The molecule has 0 saturated carbocycles. The van der Waals surface area contributed by atoms with E-state index in [4.69, 9.17) is 6.42 Å². The van der Waals surface area contributed by atoms with Gasteiger partial charge in [0, 0.05) is 38.3 Å². The molecule has 0 spiro atoms. The number of unbranched alkanes of at least 4 members (excludes halogenated alkanes) is 1. The molecule has 0 atom stereocenters. The van der Waals surface area contributed by atoms with Gasteiger partial charge in [0.05, 0.1) is 0 Å². The van der Waals surface area contributed by atoms with Crippen LogP contribution in [0.2, 0.25) is 0 Å². The van der Waals surface area contributed by atoms with E-state index in [-0.39, 0.29) is 0 Å². The summed E-state index contributed by atoms with van der Waals surface area (Å²) in [6.45, 7) is 1.99. The Balaban J connectivity index is 2.05. The quantitative estimate of drug-likeness (QED) is 0.536. The number of rotatable bonds is 6. The largest absolute Gasteiger partial charge is 0.316 e. The number of nitrogens with zero attached hydrogens (tertiary/aromatic N) is 2. The summed E-state index contributed by atoms with van der Waals surface area (Å²) in [5.41, 5.74) is 1.26. The lowest BCUT2D eigenvalue weighted by Crippen LogP contribution is -2.19. The van der Waals surface area contributed by atoms with Crippen molar-refractivity contribution in [3.63, 3.8) is 0 Å². The maximum Gasteiger partial charge on any atom is 0.0492 e. The van der Waals surface area contributed by atoms with Crippen LogP contribution in [0, 0.1) is 12.3 Å². The summed E-state index contributed by atoms with van der Waals surface area (Å²) in [6, 6.07) is 2.04. The smallest absolute Gasteiger partial charge is 0.0492 e. The third-order valence-electron chi connectivity index (χ3n) is 2.16. The Bertz CT molecular complexity index is 296. The van der Waals surface area contributed by atoms with Crippen LogP contribution in [-0.4, -0.2) is 22.9 Å². The zero-order valence-electron chi connectivity index (χ0n) is 8.66. The van der Waals surface area contributed by atoms with E-state index in [0.29, 0.717) is 0 Å². The topological polar surface area (TPSA) is 29.9 Å². The molecule has 3 nitrogen and oxygen atoms in total. The molecular formula is C11H17N3. The van der Waals surface area contributed by atoms with E-state index in [2.05, 4.69) is 16.3 Å². The van der Waals surface area contributed by atoms with Crippen molar-refractivity contribution >= 4 is 0 Å². The fourth-order valence-electron chi connectivity index (χ4n) is 1.30. The molecule has 0 aliphatic rings. The maximum absolute atomic E-state index is 5.15. The van der Waals surface area contributed by atoms with E-state index in [0.717, 1.165) is 32.4 Å². The van der Waals surface area contributed by atoms with E-state index >= 15 is 0 Å². The normalized spacial score (nSPS) is 10.0. The summed E-state index contributed by atoms with van der Waals surface area (Å²) in [6.07, 6.45) is 9.92. The van der Waals surface area contributed by atoms with Crippen molar-refractivity contribution in [2.24, 2.45) is 7.05 Å². The molecule has 1 heterocycles. The highest BCUT2D eigenvalue weighted by atomic mass is 15.3. The van der Waals surface area contributed by atoms with Crippen LogP contribution in [0.15, 0.2) is 12.3 Å². The minimum Gasteiger partial charge on any atom is -0.316 e. The third kappa shape index (κ3) is 3.63. The zero-order chi connectivity index (χ0) is 10.2. The average Bonchev–Trinajstić information content (AvgIpc) is 2.58. The van der Waals surface area contributed by atoms with Gasteiger partial charge in [0.2, 0.25) is 0 Å². The minimum atomic E-state index is 0.860. The van der Waals surface area contributed by atoms with Crippen LogP contribution < -0.4 is 5.32 Å². The predicted octanol–water partition coefficient (Wildman–Crippen LogP) is 0.966. The Morgan fingerprint density at radius 1 is 1.57 bits per heavy atom. The number of aryl methyl sites for hydroxylation is 1. The number of aromatic nitrogens is 2. The van der Waals surface area contributed by atoms with Gasteiger partial charge in [-0.25, -0.2) is 0 Å². The van der Waals surface area contributed by atoms with Gasteiger partial charge >= 0.3 is 0 Å². The van der Waals surface area contributed by atoms with Crippen LogP contribution >= 0.6 is 0 Å². The molecule has 1 aromatic rings. The van der Waals surface area contributed by atoms with Crippen molar-refractivity contribution in [1.29, 1.82) is 0 Å². The Kier molecular flexibility index (Phi) is 4.81. The van der Waals surface area contributed by atoms with Crippen LogP contribution in [0.25, 0.3) is 0 Å². The highest BCUT2D eigenvalue weighted by molar-refractivity contribution is 5.00. The van der Waals surface area contributed by atoms with Crippen LogP contribution in [0.3, 0.4) is 0 Å². The molecule has 1 aromatic heterocycles. The lowest BCUT2D eigenvalue weighted by Gasteiger charge is -2.03. The van der Waals surface area contributed by atoms with E-state index in [1.165, 1.54) is 5.69 Å². The molecule has 0 amide bonds. The van der Waals surface area contributed by atoms with E-state index in [9.17, 15) is 0 Å². The monoisotopic (exact) mass is 191 g/mol. The fourth-order valence-corrected chi connectivity index (χ4v) is 1.30. The lowest BCUT2D eigenvalue weighted by atomic mass is 10.3. The summed E-state index contributed by atoms with van der Waals surface area (Å²) < 4.78 is 1.91. The highest BCUT2D eigenvalue weighted by Gasteiger charge is 1.96. The first-order valence-electron chi connectivity index (χ1n) is 4.95. The number of hydrogen-bond donors (Lipinski definition) is 1. The number of nitrogens with one attached hydrogen (secondary N) is 1. The molecule has 0 radical (unpaired) electrons. The Labute approximate surface area is 85.5 Å². The summed E-state index contributed by atoms with van der Waals surface area (Å²) in [7, 11) is 1.97. The molecule has 14 heavy (non-hydrogen) atoms. The SMILES string of the molecule is C#CCCCNCCc1ccnn1C. The Morgan fingerprint density at radius 3 is 3.07 bits per heavy atom. The first kappa shape index (κ1) is 10.8. The van der Waals surface area contributed by atoms with E-state index < -0.39 is 0 Å². The summed E-state index contributed by atoms with van der Waals surface area (Å²) >= 11 is 0. The summed E-state index contributed by atoms with van der Waals surface area (Å²) in [4.78, 5) is 0. The van der Waals surface area contributed by atoms with Gasteiger partial charge in [-0.1, -0.05) is 0 Å². The van der Waals surface area contributed by atoms with Gasteiger partial charge < -0.3 is 5.32 Å². The Hall–Kier alpha value is -1.27. The second-order valence-electron chi connectivity index (χ2n) is 3.25. The number of hydrogen-bond acceptors (Lipinski definition) is 2. The molecule has 1 rings (SSSR count). The molecule has 0 unspecified atom stereocenters. The standard InChI is InChI=1S/C11H17N3/c1-3-4-5-8-12-9-6-11-7-10-13-14(11)2/h1,7,10,12H,4-6,8-9H2,2H3.